The van der Waals surface area contributed by atoms with Crippen LogP contribution in [0.4, 0.5) is 0 Å². The molecule has 33 heavy (non-hydrogen) atoms. The molecule has 4 saturated carbocycles. The molecule has 5 aliphatic carbocycles. The Morgan fingerprint density at radius 3 is 2.09 bits per heavy atom. The van der Waals surface area contributed by atoms with E-state index in [-0.39, 0.29) is 16.7 Å². The van der Waals surface area contributed by atoms with Crippen molar-refractivity contribution < 1.29 is 15.3 Å². The fourth-order valence-corrected chi connectivity index (χ4v) is 10.6. The zero-order valence-electron chi connectivity index (χ0n) is 22.5. The summed E-state index contributed by atoms with van der Waals surface area (Å²) in [4.78, 5) is 0. The van der Waals surface area contributed by atoms with Gasteiger partial charge in [0.05, 0.1) is 18.3 Å². The molecule has 0 saturated heterocycles. The lowest BCUT2D eigenvalue weighted by molar-refractivity contribution is -0.274. The zero-order valence-corrected chi connectivity index (χ0v) is 22.5. The van der Waals surface area contributed by atoms with E-state index in [4.69, 9.17) is 0 Å². The normalized spacial score (nSPS) is 57.1. The van der Waals surface area contributed by atoms with Gasteiger partial charge in [0.1, 0.15) is 0 Å². The summed E-state index contributed by atoms with van der Waals surface area (Å²) >= 11 is 0. The molecule has 1 unspecified atom stereocenters. The molecule has 0 spiro atoms. The molecule has 0 bridgehead atoms. The average molecular weight is 459 g/mol. The van der Waals surface area contributed by atoms with Crippen molar-refractivity contribution in [3.8, 4) is 0 Å². The predicted molar refractivity (Wildman–Crippen MR) is 133 cm³/mol. The van der Waals surface area contributed by atoms with E-state index in [2.05, 4.69) is 61.5 Å². The Labute approximate surface area is 202 Å². The zero-order chi connectivity index (χ0) is 24.4. The van der Waals surface area contributed by atoms with E-state index in [0.29, 0.717) is 29.1 Å². The van der Waals surface area contributed by atoms with Crippen LogP contribution in [0.25, 0.3) is 0 Å². The minimum absolute atomic E-state index is 0.0516. The van der Waals surface area contributed by atoms with Crippen molar-refractivity contribution in [2.45, 2.75) is 125 Å². The Kier molecular flexibility index (Phi) is 5.07. The van der Waals surface area contributed by atoms with Crippen molar-refractivity contribution >= 4 is 0 Å². The van der Waals surface area contributed by atoms with Gasteiger partial charge in [0.2, 0.25) is 0 Å². The van der Waals surface area contributed by atoms with Crippen LogP contribution in [0, 0.1) is 50.2 Å². The fraction of sp³-hybridized carbons (Fsp3) is 0.933. The van der Waals surface area contributed by atoms with Gasteiger partial charge in [-0.25, -0.2) is 0 Å². The van der Waals surface area contributed by atoms with Gasteiger partial charge in [0.25, 0.3) is 0 Å². The highest BCUT2D eigenvalue weighted by Crippen LogP contribution is 2.75. The van der Waals surface area contributed by atoms with Crippen LogP contribution < -0.4 is 0 Å². The van der Waals surface area contributed by atoms with Gasteiger partial charge in [-0.05, 0) is 83.9 Å². The minimum atomic E-state index is -0.578. The van der Waals surface area contributed by atoms with Crippen LogP contribution in [-0.2, 0) is 0 Å². The van der Waals surface area contributed by atoms with Gasteiger partial charge in [0.15, 0.2) is 0 Å². The molecule has 10 atom stereocenters. The molecule has 0 aromatic rings. The second-order valence-electron chi connectivity index (χ2n) is 15.5. The molecular formula is C30H50O3. The summed E-state index contributed by atoms with van der Waals surface area (Å²) in [6, 6.07) is 0. The highest BCUT2D eigenvalue weighted by atomic mass is 16.3. The smallest absolute Gasteiger partial charge is 0.0625 e. The number of allylic oxidation sites excluding steroid dienone is 2. The molecule has 3 N–H and O–H groups in total. The fourth-order valence-electron chi connectivity index (χ4n) is 10.6. The maximum absolute atomic E-state index is 11.8. The van der Waals surface area contributed by atoms with Gasteiger partial charge < -0.3 is 15.3 Å². The lowest BCUT2D eigenvalue weighted by Gasteiger charge is -2.72. The van der Waals surface area contributed by atoms with E-state index in [9.17, 15) is 15.3 Å². The van der Waals surface area contributed by atoms with Crippen molar-refractivity contribution in [2.75, 3.05) is 0 Å². The predicted octanol–water partition coefficient (Wildman–Crippen LogP) is 6.11. The molecular weight excluding hydrogens is 408 g/mol. The number of rotatable bonds is 0. The summed E-state index contributed by atoms with van der Waals surface area (Å²) in [5, 5.41) is 34.2. The van der Waals surface area contributed by atoms with Crippen LogP contribution in [0.5, 0.6) is 0 Å². The molecule has 0 radical (unpaired) electrons. The SMILES string of the molecule is CC1(C)CC[C@]2(C)CC[C@]3(C)C(=CC[C@@H]4[C@@]5(C)C(O)C[C@H](O)C(C)(C)[C@@H]5[C@H](O)C[C@]43C)[C@@H]2C1. The first kappa shape index (κ1) is 24.3. The summed E-state index contributed by atoms with van der Waals surface area (Å²) in [5.74, 6) is 0.854. The van der Waals surface area contributed by atoms with Crippen molar-refractivity contribution in [1.29, 1.82) is 0 Å². The minimum Gasteiger partial charge on any atom is -0.393 e. The Hall–Kier alpha value is -0.380. The Morgan fingerprint density at radius 1 is 0.788 bits per heavy atom. The van der Waals surface area contributed by atoms with E-state index >= 15 is 0 Å². The van der Waals surface area contributed by atoms with Crippen LogP contribution in [-0.4, -0.2) is 33.6 Å². The standard InChI is InChI=1S/C30H50O3/c1-25(2)11-12-27(5)13-14-28(6)18(19(27)16-25)9-10-21-29(28,7)17-20(31)24-26(3,4)22(32)15-23(33)30(21,24)8/h9,19-24,31-33H,10-17H2,1-8H3/t19-,20+,21-,22-,23?,24-,27+,28+,29+,30-/m0/s1. The number of fused-ring (bicyclic) bond motifs is 7. The summed E-state index contributed by atoms with van der Waals surface area (Å²) in [5.41, 5.74) is 1.68. The second kappa shape index (κ2) is 6.88. The first-order valence-electron chi connectivity index (χ1n) is 13.8. The second-order valence-corrected chi connectivity index (χ2v) is 15.5. The molecule has 0 aromatic carbocycles. The third kappa shape index (κ3) is 2.91. The molecule has 0 amide bonds. The van der Waals surface area contributed by atoms with Crippen molar-refractivity contribution in [3.63, 3.8) is 0 Å². The van der Waals surface area contributed by atoms with Crippen LogP contribution in [0.3, 0.4) is 0 Å². The van der Waals surface area contributed by atoms with E-state index < -0.39 is 29.1 Å². The van der Waals surface area contributed by atoms with Crippen molar-refractivity contribution in [2.24, 2.45) is 50.2 Å². The Bertz CT molecular complexity index is 859. The number of aliphatic hydroxyl groups excluding tert-OH is 3. The molecule has 5 aliphatic rings. The van der Waals surface area contributed by atoms with E-state index in [0.717, 1.165) is 12.8 Å². The lowest BCUT2D eigenvalue weighted by atomic mass is 9.33. The van der Waals surface area contributed by atoms with Gasteiger partial charge in [0, 0.05) is 17.8 Å². The first-order chi connectivity index (χ1) is 15.0. The molecule has 0 aliphatic heterocycles. The summed E-state index contributed by atoms with van der Waals surface area (Å²) in [6.45, 7) is 18.9. The summed E-state index contributed by atoms with van der Waals surface area (Å²) in [6.07, 6.45) is 9.54. The van der Waals surface area contributed by atoms with E-state index in [1.54, 1.807) is 5.57 Å². The summed E-state index contributed by atoms with van der Waals surface area (Å²) in [7, 11) is 0. The Balaban J connectivity index is 1.63. The quantitative estimate of drug-likeness (QED) is 0.384. The number of hydrogen-bond donors (Lipinski definition) is 3. The van der Waals surface area contributed by atoms with Gasteiger partial charge in [-0.1, -0.05) is 67.0 Å². The molecule has 3 heteroatoms. The first-order valence-corrected chi connectivity index (χ1v) is 13.8. The van der Waals surface area contributed by atoms with Gasteiger partial charge in [-0.15, -0.1) is 0 Å². The largest absolute Gasteiger partial charge is 0.393 e. The number of aliphatic hydroxyl groups is 3. The van der Waals surface area contributed by atoms with Crippen molar-refractivity contribution in [3.05, 3.63) is 11.6 Å². The average Bonchev–Trinajstić information content (AvgIpc) is 2.68. The van der Waals surface area contributed by atoms with Crippen LogP contribution in [0.15, 0.2) is 11.6 Å². The highest BCUT2D eigenvalue weighted by Gasteiger charge is 2.71. The van der Waals surface area contributed by atoms with Crippen molar-refractivity contribution in [1.82, 2.24) is 0 Å². The molecule has 4 fully saturated rings. The van der Waals surface area contributed by atoms with E-state index in [1.807, 2.05) is 0 Å². The van der Waals surface area contributed by atoms with Gasteiger partial charge in [-0.3, -0.25) is 0 Å². The molecule has 5 rings (SSSR count). The number of hydrogen-bond acceptors (Lipinski definition) is 3. The van der Waals surface area contributed by atoms with E-state index in [1.165, 1.54) is 32.1 Å². The lowest BCUT2D eigenvalue weighted by Crippen LogP contribution is -2.71. The molecule has 3 nitrogen and oxygen atoms in total. The molecule has 0 heterocycles. The molecule has 0 aromatic heterocycles. The molecule has 188 valence electrons. The maximum Gasteiger partial charge on any atom is 0.0625 e. The third-order valence-electron chi connectivity index (χ3n) is 13.0. The van der Waals surface area contributed by atoms with Gasteiger partial charge in [-0.2, -0.15) is 0 Å². The highest BCUT2D eigenvalue weighted by molar-refractivity contribution is 5.34. The third-order valence-corrected chi connectivity index (χ3v) is 13.0. The summed E-state index contributed by atoms with van der Waals surface area (Å²) < 4.78 is 0. The Morgan fingerprint density at radius 2 is 1.42 bits per heavy atom. The van der Waals surface area contributed by atoms with Crippen LogP contribution in [0.2, 0.25) is 0 Å². The van der Waals surface area contributed by atoms with Gasteiger partial charge >= 0.3 is 0 Å². The van der Waals surface area contributed by atoms with Crippen LogP contribution in [0.1, 0.15) is 107 Å². The monoisotopic (exact) mass is 458 g/mol. The maximum atomic E-state index is 11.8. The topological polar surface area (TPSA) is 60.7 Å². The van der Waals surface area contributed by atoms with Crippen LogP contribution >= 0.6 is 0 Å².